The van der Waals surface area contributed by atoms with Gasteiger partial charge in [-0.05, 0) is 25.3 Å². The summed E-state index contributed by atoms with van der Waals surface area (Å²) in [4.78, 5) is 12.1. The van der Waals surface area contributed by atoms with E-state index in [1.54, 1.807) is 0 Å². The Morgan fingerprint density at radius 1 is 1.18 bits per heavy atom. The van der Waals surface area contributed by atoms with Crippen molar-refractivity contribution in [2.45, 2.75) is 52.9 Å². The number of ketones is 1. The predicted molar refractivity (Wildman–Crippen MR) is 73.2 cm³/mol. The Morgan fingerprint density at radius 2 is 1.82 bits per heavy atom. The highest BCUT2D eigenvalue weighted by Gasteiger charge is 2.15. The van der Waals surface area contributed by atoms with Crippen molar-refractivity contribution in [1.82, 2.24) is 0 Å². The molecule has 0 aliphatic carbocycles. The Kier molecular flexibility index (Phi) is 5.96. The maximum atomic E-state index is 12.1. The minimum atomic E-state index is 0.260. The van der Waals surface area contributed by atoms with E-state index >= 15 is 0 Å². The molecule has 0 radical (unpaired) electrons. The molecule has 94 valence electrons. The van der Waals surface area contributed by atoms with Gasteiger partial charge in [-0.25, -0.2) is 0 Å². The van der Waals surface area contributed by atoms with Gasteiger partial charge in [-0.15, -0.1) is 0 Å². The zero-order valence-corrected chi connectivity index (χ0v) is 11.3. The molecule has 0 saturated carbocycles. The summed E-state index contributed by atoms with van der Waals surface area (Å²) >= 11 is 0. The van der Waals surface area contributed by atoms with E-state index in [1.165, 1.54) is 12.0 Å². The van der Waals surface area contributed by atoms with Gasteiger partial charge in [0.15, 0.2) is 0 Å². The number of hydrogen-bond acceptors (Lipinski definition) is 1. The Labute approximate surface area is 105 Å². The van der Waals surface area contributed by atoms with Crippen LogP contribution in [0.4, 0.5) is 0 Å². The molecule has 17 heavy (non-hydrogen) atoms. The third-order valence-corrected chi connectivity index (χ3v) is 3.35. The Hall–Kier alpha value is -1.11. The van der Waals surface area contributed by atoms with E-state index in [-0.39, 0.29) is 5.92 Å². The molecule has 1 rings (SSSR count). The molecule has 0 heterocycles. The first-order chi connectivity index (χ1) is 8.17. The Morgan fingerprint density at radius 3 is 2.35 bits per heavy atom. The normalized spacial score (nSPS) is 12.4. The first kappa shape index (κ1) is 14.0. The van der Waals surface area contributed by atoms with Crippen LogP contribution in [0.5, 0.6) is 0 Å². The molecule has 1 atom stereocenters. The topological polar surface area (TPSA) is 17.1 Å². The lowest BCUT2D eigenvalue weighted by Crippen LogP contribution is -2.16. The maximum Gasteiger partial charge on any atom is 0.140 e. The van der Waals surface area contributed by atoms with Crippen LogP contribution >= 0.6 is 0 Å². The third kappa shape index (κ3) is 4.72. The fraction of sp³-hybridized carbons (Fsp3) is 0.562. The minimum absolute atomic E-state index is 0.260. The number of carbonyl (C=O) groups excluding carboxylic acids is 1. The van der Waals surface area contributed by atoms with Crippen LogP contribution in [0.25, 0.3) is 0 Å². The summed E-state index contributed by atoms with van der Waals surface area (Å²) in [5.41, 5.74) is 2.40. The number of benzene rings is 1. The van der Waals surface area contributed by atoms with Gasteiger partial charge in [-0.3, -0.25) is 4.79 Å². The molecule has 0 aliphatic rings. The van der Waals surface area contributed by atoms with Crippen LogP contribution in [0.15, 0.2) is 24.3 Å². The van der Waals surface area contributed by atoms with Crippen molar-refractivity contribution in [3.05, 3.63) is 35.4 Å². The van der Waals surface area contributed by atoms with Crippen LogP contribution in [0.2, 0.25) is 0 Å². The molecular formula is C16H24O. The second-order valence-electron chi connectivity index (χ2n) is 4.88. The third-order valence-electron chi connectivity index (χ3n) is 3.35. The average Bonchev–Trinajstić information content (AvgIpc) is 2.33. The van der Waals surface area contributed by atoms with Gasteiger partial charge in [0.2, 0.25) is 0 Å². The summed E-state index contributed by atoms with van der Waals surface area (Å²) in [6.07, 6.45) is 4.97. The first-order valence-corrected chi connectivity index (χ1v) is 6.75. The van der Waals surface area contributed by atoms with Crippen LogP contribution in [0.1, 0.15) is 50.7 Å². The van der Waals surface area contributed by atoms with Crippen molar-refractivity contribution in [2.75, 3.05) is 0 Å². The largest absolute Gasteiger partial charge is 0.299 e. The molecule has 0 saturated heterocycles. The van der Waals surface area contributed by atoms with Crippen molar-refractivity contribution in [3.8, 4) is 0 Å². The van der Waals surface area contributed by atoms with Gasteiger partial charge in [0.25, 0.3) is 0 Å². The van der Waals surface area contributed by atoms with Crippen molar-refractivity contribution >= 4 is 5.78 Å². The fourth-order valence-electron chi connectivity index (χ4n) is 2.09. The molecule has 0 aliphatic heterocycles. The zero-order valence-electron chi connectivity index (χ0n) is 11.3. The highest BCUT2D eigenvalue weighted by Crippen LogP contribution is 2.16. The van der Waals surface area contributed by atoms with E-state index in [4.69, 9.17) is 0 Å². The van der Waals surface area contributed by atoms with Crippen LogP contribution in [-0.2, 0) is 11.2 Å². The van der Waals surface area contributed by atoms with Gasteiger partial charge in [0.1, 0.15) is 5.78 Å². The van der Waals surface area contributed by atoms with E-state index in [2.05, 4.69) is 45.0 Å². The molecule has 1 aromatic carbocycles. The number of aryl methyl sites for hydroxylation is 1. The highest BCUT2D eigenvalue weighted by molar-refractivity contribution is 5.83. The minimum Gasteiger partial charge on any atom is -0.299 e. The predicted octanol–water partition coefficient (Wildman–Crippen LogP) is 4.32. The summed E-state index contributed by atoms with van der Waals surface area (Å²) in [5.74, 6) is 0.668. The number of unbranched alkanes of at least 4 members (excludes halogenated alkanes) is 1. The monoisotopic (exact) mass is 232 g/mol. The lowest BCUT2D eigenvalue weighted by molar-refractivity contribution is -0.122. The van der Waals surface area contributed by atoms with Gasteiger partial charge in [-0.2, -0.15) is 0 Å². The van der Waals surface area contributed by atoms with Crippen LogP contribution in [0.3, 0.4) is 0 Å². The summed E-state index contributed by atoms with van der Waals surface area (Å²) in [6.45, 7) is 6.37. The lowest BCUT2D eigenvalue weighted by atomic mass is 9.91. The molecular weight excluding hydrogens is 208 g/mol. The van der Waals surface area contributed by atoms with Gasteiger partial charge in [-0.1, -0.05) is 56.5 Å². The van der Waals surface area contributed by atoms with E-state index < -0.39 is 0 Å². The summed E-state index contributed by atoms with van der Waals surface area (Å²) in [6, 6.07) is 8.30. The molecule has 0 spiro atoms. The van der Waals surface area contributed by atoms with Crippen molar-refractivity contribution in [2.24, 2.45) is 5.92 Å². The molecule has 0 bridgehead atoms. The SMILES string of the molecule is CCCCC(CC)C(=O)Cc1ccc(C)cc1. The smallest absolute Gasteiger partial charge is 0.140 e. The molecule has 0 amide bonds. The molecule has 1 unspecified atom stereocenters. The van der Waals surface area contributed by atoms with E-state index in [1.807, 2.05) is 0 Å². The summed E-state index contributed by atoms with van der Waals surface area (Å²) in [5, 5.41) is 0. The second-order valence-corrected chi connectivity index (χ2v) is 4.88. The summed E-state index contributed by atoms with van der Waals surface area (Å²) in [7, 11) is 0. The van der Waals surface area contributed by atoms with E-state index in [0.29, 0.717) is 12.2 Å². The van der Waals surface area contributed by atoms with E-state index in [0.717, 1.165) is 24.8 Å². The van der Waals surface area contributed by atoms with Gasteiger partial charge in [0.05, 0.1) is 0 Å². The number of hydrogen-bond donors (Lipinski definition) is 0. The van der Waals surface area contributed by atoms with Crippen molar-refractivity contribution < 1.29 is 4.79 Å². The van der Waals surface area contributed by atoms with Gasteiger partial charge < -0.3 is 0 Å². The number of carbonyl (C=O) groups is 1. The quantitative estimate of drug-likeness (QED) is 0.684. The van der Waals surface area contributed by atoms with Gasteiger partial charge in [0, 0.05) is 12.3 Å². The molecule has 0 aromatic heterocycles. The highest BCUT2D eigenvalue weighted by atomic mass is 16.1. The lowest BCUT2D eigenvalue weighted by Gasteiger charge is -2.13. The first-order valence-electron chi connectivity index (χ1n) is 6.75. The molecule has 1 heteroatoms. The average molecular weight is 232 g/mol. The summed E-state index contributed by atoms with van der Waals surface area (Å²) < 4.78 is 0. The maximum absolute atomic E-state index is 12.1. The van der Waals surface area contributed by atoms with Crippen LogP contribution in [-0.4, -0.2) is 5.78 Å². The fourth-order valence-corrected chi connectivity index (χ4v) is 2.09. The van der Waals surface area contributed by atoms with E-state index in [9.17, 15) is 4.79 Å². The number of Topliss-reactive ketones (excluding diaryl/α,β-unsaturated/α-hetero) is 1. The second kappa shape index (κ2) is 7.26. The van der Waals surface area contributed by atoms with Crippen LogP contribution in [0, 0.1) is 12.8 Å². The molecule has 0 fully saturated rings. The molecule has 1 nitrogen and oxygen atoms in total. The van der Waals surface area contributed by atoms with Crippen LogP contribution < -0.4 is 0 Å². The number of rotatable bonds is 7. The van der Waals surface area contributed by atoms with Gasteiger partial charge >= 0.3 is 0 Å². The van der Waals surface area contributed by atoms with Crippen molar-refractivity contribution in [1.29, 1.82) is 0 Å². The molecule has 0 N–H and O–H groups in total. The molecule has 1 aromatic rings. The zero-order chi connectivity index (χ0) is 12.7. The Bertz CT molecular complexity index is 337. The standard InChI is InChI=1S/C16H24O/c1-4-6-7-15(5-2)16(17)12-14-10-8-13(3)9-11-14/h8-11,15H,4-7,12H2,1-3H3. The Balaban J connectivity index is 2.54. The van der Waals surface area contributed by atoms with Crippen molar-refractivity contribution in [3.63, 3.8) is 0 Å².